The average molecular weight is 322 g/mol. The maximum Gasteiger partial charge on any atom is 0.324 e. The highest BCUT2D eigenvalue weighted by atomic mass is 16.5. The minimum Gasteiger partial charge on any atom is -0.495 e. The predicted octanol–water partition coefficient (Wildman–Crippen LogP) is 3.83. The van der Waals surface area contributed by atoms with Crippen molar-refractivity contribution in [3.63, 3.8) is 0 Å². The number of hydrogen-bond donors (Lipinski definition) is 2. The van der Waals surface area contributed by atoms with Crippen molar-refractivity contribution >= 4 is 17.5 Å². The molecular formula is C18H18N4O2. The van der Waals surface area contributed by atoms with E-state index in [0.29, 0.717) is 17.3 Å². The van der Waals surface area contributed by atoms with E-state index < -0.39 is 0 Å². The van der Waals surface area contributed by atoms with Crippen molar-refractivity contribution in [2.75, 3.05) is 17.7 Å². The Bertz CT molecular complexity index is 843. The van der Waals surface area contributed by atoms with Crippen molar-refractivity contribution in [2.45, 2.75) is 6.92 Å². The molecule has 0 spiro atoms. The van der Waals surface area contributed by atoms with Crippen LogP contribution >= 0.6 is 0 Å². The topological polar surface area (TPSA) is 68.2 Å². The minimum atomic E-state index is -0.364. The fourth-order valence-electron chi connectivity index (χ4n) is 2.37. The molecule has 0 atom stereocenters. The molecule has 0 fully saturated rings. The van der Waals surface area contributed by atoms with Crippen molar-refractivity contribution in [1.29, 1.82) is 0 Å². The van der Waals surface area contributed by atoms with Crippen LogP contribution in [0.2, 0.25) is 0 Å². The lowest BCUT2D eigenvalue weighted by Crippen LogP contribution is -2.21. The molecule has 122 valence electrons. The van der Waals surface area contributed by atoms with Crippen LogP contribution in [0.15, 0.2) is 60.7 Å². The summed E-state index contributed by atoms with van der Waals surface area (Å²) >= 11 is 0. The summed E-state index contributed by atoms with van der Waals surface area (Å²) in [6.07, 6.45) is 0. The Balaban J connectivity index is 1.80. The number of aromatic nitrogens is 2. The number of nitrogens with zero attached hydrogens (tertiary/aromatic N) is 2. The summed E-state index contributed by atoms with van der Waals surface area (Å²) in [5.41, 5.74) is 2.28. The van der Waals surface area contributed by atoms with Crippen LogP contribution in [0.4, 0.5) is 16.3 Å². The number of urea groups is 1. The van der Waals surface area contributed by atoms with Crippen LogP contribution in [0.3, 0.4) is 0 Å². The summed E-state index contributed by atoms with van der Waals surface area (Å²) in [4.78, 5) is 12.3. The van der Waals surface area contributed by atoms with E-state index in [4.69, 9.17) is 4.74 Å². The normalized spacial score (nSPS) is 10.2. The Labute approximate surface area is 140 Å². The number of carbonyl (C=O) groups is 1. The number of anilines is 2. The second kappa shape index (κ2) is 6.87. The van der Waals surface area contributed by atoms with E-state index in [1.54, 1.807) is 23.9 Å². The van der Waals surface area contributed by atoms with Crippen molar-refractivity contribution < 1.29 is 9.53 Å². The van der Waals surface area contributed by atoms with Crippen molar-refractivity contribution in [2.24, 2.45) is 0 Å². The van der Waals surface area contributed by atoms with Gasteiger partial charge < -0.3 is 10.1 Å². The number of benzene rings is 2. The fourth-order valence-corrected chi connectivity index (χ4v) is 2.37. The summed E-state index contributed by atoms with van der Waals surface area (Å²) < 4.78 is 6.93. The first-order valence-corrected chi connectivity index (χ1v) is 7.50. The lowest BCUT2D eigenvalue weighted by molar-refractivity contribution is 0.262. The highest BCUT2D eigenvalue weighted by Crippen LogP contribution is 2.23. The largest absolute Gasteiger partial charge is 0.495 e. The van der Waals surface area contributed by atoms with Gasteiger partial charge in [0.2, 0.25) is 0 Å². The van der Waals surface area contributed by atoms with E-state index in [9.17, 15) is 4.79 Å². The number of nitrogens with one attached hydrogen (secondary N) is 2. The zero-order valence-electron chi connectivity index (χ0n) is 13.5. The molecule has 0 saturated carbocycles. The molecule has 0 aliphatic heterocycles. The monoisotopic (exact) mass is 322 g/mol. The number of rotatable bonds is 4. The van der Waals surface area contributed by atoms with E-state index in [1.165, 1.54) is 0 Å². The third-order valence-electron chi connectivity index (χ3n) is 3.43. The molecule has 1 heterocycles. The summed E-state index contributed by atoms with van der Waals surface area (Å²) in [7, 11) is 1.56. The number of amides is 2. The Morgan fingerprint density at radius 3 is 2.50 bits per heavy atom. The summed E-state index contributed by atoms with van der Waals surface area (Å²) in [6, 6.07) is 18.3. The van der Waals surface area contributed by atoms with Gasteiger partial charge in [-0.25, -0.2) is 9.48 Å². The standard InChI is InChI=1S/C18H18N4O2/c1-13-12-17(22(21-13)14-8-4-3-5-9-14)20-18(23)19-15-10-6-7-11-16(15)24-2/h3-12H,1-2H3,(H2,19,20,23). The lowest BCUT2D eigenvalue weighted by Gasteiger charge is -2.12. The van der Waals surface area contributed by atoms with Gasteiger partial charge in [-0.15, -0.1) is 0 Å². The molecule has 6 nitrogen and oxygen atoms in total. The minimum absolute atomic E-state index is 0.364. The van der Waals surface area contributed by atoms with Crippen LogP contribution in [-0.4, -0.2) is 22.9 Å². The molecule has 6 heteroatoms. The lowest BCUT2D eigenvalue weighted by atomic mass is 10.3. The average Bonchev–Trinajstić information content (AvgIpc) is 2.96. The van der Waals surface area contributed by atoms with Gasteiger partial charge >= 0.3 is 6.03 Å². The molecule has 0 aliphatic carbocycles. The van der Waals surface area contributed by atoms with Gasteiger partial charge in [0.25, 0.3) is 0 Å². The van der Waals surface area contributed by atoms with Gasteiger partial charge in [0.05, 0.1) is 24.2 Å². The second-order valence-corrected chi connectivity index (χ2v) is 5.20. The van der Waals surface area contributed by atoms with Crippen molar-refractivity contribution in [3.8, 4) is 11.4 Å². The zero-order chi connectivity index (χ0) is 16.9. The molecule has 0 aliphatic rings. The van der Waals surface area contributed by atoms with E-state index in [1.807, 2.05) is 55.5 Å². The maximum atomic E-state index is 12.3. The third kappa shape index (κ3) is 3.38. The smallest absolute Gasteiger partial charge is 0.324 e. The molecule has 3 aromatic rings. The zero-order valence-corrected chi connectivity index (χ0v) is 13.5. The molecule has 2 N–H and O–H groups in total. The van der Waals surface area contributed by atoms with Crippen LogP contribution in [0.1, 0.15) is 5.69 Å². The highest BCUT2D eigenvalue weighted by molar-refractivity contribution is 6.00. The van der Waals surface area contributed by atoms with Crippen molar-refractivity contribution in [3.05, 3.63) is 66.4 Å². The number of methoxy groups -OCH3 is 1. The van der Waals surface area contributed by atoms with E-state index >= 15 is 0 Å². The number of ether oxygens (including phenoxy) is 1. The van der Waals surface area contributed by atoms with Gasteiger partial charge in [0, 0.05) is 6.07 Å². The van der Waals surface area contributed by atoms with Crippen LogP contribution in [-0.2, 0) is 0 Å². The van der Waals surface area contributed by atoms with Gasteiger partial charge in [0.15, 0.2) is 0 Å². The molecule has 0 radical (unpaired) electrons. The van der Waals surface area contributed by atoms with Crippen LogP contribution in [0, 0.1) is 6.92 Å². The second-order valence-electron chi connectivity index (χ2n) is 5.20. The first-order chi connectivity index (χ1) is 11.7. The molecule has 1 aromatic heterocycles. The molecule has 0 saturated heterocycles. The first kappa shape index (κ1) is 15.6. The molecule has 2 aromatic carbocycles. The summed E-state index contributed by atoms with van der Waals surface area (Å²) in [6.45, 7) is 1.88. The highest BCUT2D eigenvalue weighted by Gasteiger charge is 2.12. The van der Waals surface area contributed by atoms with Crippen LogP contribution < -0.4 is 15.4 Å². The van der Waals surface area contributed by atoms with E-state index in [2.05, 4.69) is 15.7 Å². The third-order valence-corrected chi connectivity index (χ3v) is 3.43. The molecular weight excluding hydrogens is 304 g/mol. The van der Waals surface area contributed by atoms with Gasteiger partial charge in [-0.2, -0.15) is 5.10 Å². The van der Waals surface area contributed by atoms with Gasteiger partial charge in [-0.3, -0.25) is 5.32 Å². The number of carbonyl (C=O) groups excluding carboxylic acids is 1. The quantitative estimate of drug-likeness (QED) is 0.767. The first-order valence-electron chi connectivity index (χ1n) is 7.50. The Morgan fingerprint density at radius 1 is 1.04 bits per heavy atom. The molecule has 3 rings (SSSR count). The fraction of sp³-hybridized carbons (Fsp3) is 0.111. The van der Waals surface area contributed by atoms with E-state index in [-0.39, 0.29) is 6.03 Å². The summed E-state index contributed by atoms with van der Waals surface area (Å²) in [5, 5.41) is 10.0. The van der Waals surface area contributed by atoms with Gasteiger partial charge in [-0.1, -0.05) is 30.3 Å². The molecule has 0 bridgehead atoms. The SMILES string of the molecule is COc1ccccc1NC(=O)Nc1cc(C)nn1-c1ccccc1. The molecule has 0 unspecified atom stereocenters. The van der Waals surface area contributed by atoms with Crippen LogP contribution in [0.25, 0.3) is 5.69 Å². The van der Waals surface area contributed by atoms with Gasteiger partial charge in [-0.05, 0) is 31.2 Å². The van der Waals surface area contributed by atoms with E-state index in [0.717, 1.165) is 11.4 Å². The van der Waals surface area contributed by atoms with Crippen LogP contribution in [0.5, 0.6) is 5.75 Å². The number of aryl methyl sites for hydroxylation is 1. The van der Waals surface area contributed by atoms with Crippen molar-refractivity contribution in [1.82, 2.24) is 9.78 Å². The Hall–Kier alpha value is -3.28. The number of hydrogen-bond acceptors (Lipinski definition) is 3. The Morgan fingerprint density at radius 2 is 1.75 bits per heavy atom. The molecule has 24 heavy (non-hydrogen) atoms. The Kier molecular flexibility index (Phi) is 4.47. The number of para-hydroxylation sites is 3. The van der Waals surface area contributed by atoms with Gasteiger partial charge in [0.1, 0.15) is 11.6 Å². The maximum absolute atomic E-state index is 12.3. The predicted molar refractivity (Wildman–Crippen MR) is 93.9 cm³/mol. The summed E-state index contributed by atoms with van der Waals surface area (Å²) in [5.74, 6) is 1.19. The molecule has 2 amide bonds.